The lowest BCUT2D eigenvalue weighted by molar-refractivity contribution is 0.0583. The maximum absolute atomic E-state index is 11.9. The van der Waals surface area contributed by atoms with Gasteiger partial charge in [0.2, 0.25) is 0 Å². The minimum absolute atomic E-state index is 0.301. The molecule has 2 rings (SSSR count). The number of aromatic nitrogens is 2. The van der Waals surface area contributed by atoms with Crippen molar-refractivity contribution < 1.29 is 9.53 Å². The summed E-state index contributed by atoms with van der Waals surface area (Å²) in [5.41, 5.74) is -0.462. The molecule has 2 heterocycles. The van der Waals surface area contributed by atoms with E-state index < -0.39 is 5.60 Å². The minimum atomic E-state index is -0.462. The molecule has 5 nitrogen and oxygen atoms in total. The summed E-state index contributed by atoms with van der Waals surface area (Å²) in [5.74, 6) is 0.842. The minimum Gasteiger partial charge on any atom is -0.443 e. The Kier molecular flexibility index (Phi) is 2.85. The third-order valence-electron chi connectivity index (χ3n) is 2.20. The van der Waals surface area contributed by atoms with E-state index in [1.807, 2.05) is 25.3 Å². The van der Waals surface area contributed by atoms with Crippen LogP contribution in [0.5, 0.6) is 0 Å². The first-order chi connectivity index (χ1) is 7.38. The van der Waals surface area contributed by atoms with Crippen LogP contribution < -0.4 is 4.90 Å². The lowest BCUT2D eigenvalue weighted by atomic mass is 10.2. The van der Waals surface area contributed by atoms with Crippen LogP contribution in [0.4, 0.5) is 10.6 Å². The molecule has 1 aliphatic rings. The van der Waals surface area contributed by atoms with E-state index in [1.54, 1.807) is 11.2 Å². The largest absolute Gasteiger partial charge is 0.443 e. The summed E-state index contributed by atoms with van der Waals surface area (Å²) in [5, 5.41) is 0. The third-order valence-corrected chi connectivity index (χ3v) is 2.96. The van der Waals surface area contributed by atoms with Crippen LogP contribution >= 0.6 is 22.6 Å². The summed E-state index contributed by atoms with van der Waals surface area (Å²) in [4.78, 5) is 17.7. The molecule has 0 aliphatic carbocycles. The zero-order chi connectivity index (χ0) is 11.9. The zero-order valence-electron chi connectivity index (χ0n) is 9.53. The first kappa shape index (κ1) is 11.7. The monoisotopic (exact) mass is 335 g/mol. The van der Waals surface area contributed by atoms with Crippen molar-refractivity contribution in [2.75, 3.05) is 11.4 Å². The molecule has 0 radical (unpaired) electrons. The van der Waals surface area contributed by atoms with Gasteiger partial charge in [0.1, 0.15) is 9.30 Å². The molecule has 0 fully saturated rings. The highest BCUT2D eigenvalue weighted by atomic mass is 127. The van der Waals surface area contributed by atoms with Crippen molar-refractivity contribution in [3.8, 4) is 0 Å². The van der Waals surface area contributed by atoms with Gasteiger partial charge in [-0.15, -0.1) is 0 Å². The van der Waals surface area contributed by atoms with E-state index in [9.17, 15) is 4.79 Å². The number of hydrogen-bond acceptors (Lipinski definition) is 3. The van der Waals surface area contributed by atoms with Crippen molar-refractivity contribution in [1.82, 2.24) is 9.55 Å². The standard InChI is InChI=1S/C10H14IN3O2/c1-10(2,3)16-9(15)14-5-4-13-6-12-7(11)8(13)14/h6H,4-5H2,1-3H3. The molecule has 0 N–H and O–H groups in total. The van der Waals surface area contributed by atoms with Gasteiger partial charge in [-0.05, 0) is 43.4 Å². The molecule has 16 heavy (non-hydrogen) atoms. The number of imidazole rings is 1. The number of carbonyl (C=O) groups is 1. The van der Waals surface area contributed by atoms with Crippen molar-refractivity contribution in [2.45, 2.75) is 32.9 Å². The molecule has 88 valence electrons. The predicted molar refractivity (Wildman–Crippen MR) is 68.5 cm³/mol. The SMILES string of the molecule is CC(C)(C)OC(=O)N1CCn2cnc(I)c21. The highest BCUT2D eigenvalue weighted by Crippen LogP contribution is 2.27. The molecule has 6 heteroatoms. The van der Waals surface area contributed by atoms with Gasteiger partial charge in [0.05, 0.1) is 6.33 Å². The van der Waals surface area contributed by atoms with Crippen LogP contribution in [0, 0.1) is 3.70 Å². The zero-order valence-corrected chi connectivity index (χ0v) is 11.7. The summed E-state index contributed by atoms with van der Waals surface area (Å²) in [6.45, 7) is 7.03. The van der Waals surface area contributed by atoms with E-state index >= 15 is 0 Å². The maximum Gasteiger partial charge on any atom is 0.416 e. The number of nitrogens with zero attached hydrogens (tertiary/aromatic N) is 3. The summed E-state index contributed by atoms with van der Waals surface area (Å²) in [6, 6.07) is 0. The fraction of sp³-hybridized carbons (Fsp3) is 0.600. The summed E-state index contributed by atoms with van der Waals surface area (Å²) >= 11 is 2.13. The molecule has 1 aliphatic heterocycles. The first-order valence-corrected chi connectivity index (χ1v) is 6.17. The normalized spacial score (nSPS) is 15.1. The van der Waals surface area contributed by atoms with E-state index in [1.165, 1.54) is 0 Å². The van der Waals surface area contributed by atoms with Crippen molar-refractivity contribution in [3.05, 3.63) is 10.0 Å². The van der Waals surface area contributed by atoms with Gasteiger partial charge in [0.15, 0.2) is 5.82 Å². The Labute approximate surface area is 108 Å². The Morgan fingerprint density at radius 2 is 2.19 bits per heavy atom. The molecular formula is C10H14IN3O2. The average Bonchev–Trinajstić information content (AvgIpc) is 2.66. The molecule has 0 aromatic carbocycles. The summed E-state index contributed by atoms with van der Waals surface area (Å²) in [7, 11) is 0. The number of rotatable bonds is 0. The molecule has 0 saturated heterocycles. The van der Waals surface area contributed by atoms with Crippen molar-refractivity contribution in [2.24, 2.45) is 0 Å². The van der Waals surface area contributed by atoms with Gasteiger partial charge in [0, 0.05) is 13.1 Å². The predicted octanol–water partition coefficient (Wildman–Crippen LogP) is 2.24. The summed E-state index contributed by atoms with van der Waals surface area (Å²) in [6.07, 6.45) is 1.45. The second kappa shape index (κ2) is 3.90. The van der Waals surface area contributed by atoms with Crippen LogP contribution in [0.1, 0.15) is 20.8 Å². The van der Waals surface area contributed by atoms with Crippen molar-refractivity contribution >= 4 is 34.5 Å². The van der Waals surface area contributed by atoms with Gasteiger partial charge in [-0.3, -0.25) is 4.90 Å². The van der Waals surface area contributed by atoms with Crippen LogP contribution in [0.15, 0.2) is 6.33 Å². The smallest absolute Gasteiger partial charge is 0.416 e. The lowest BCUT2D eigenvalue weighted by Gasteiger charge is -2.23. The fourth-order valence-corrected chi connectivity index (χ4v) is 2.32. The Bertz CT molecular complexity index is 422. The second-order valence-electron chi connectivity index (χ2n) is 4.68. The maximum atomic E-state index is 11.9. The highest BCUT2D eigenvalue weighted by Gasteiger charge is 2.31. The lowest BCUT2D eigenvalue weighted by Crippen LogP contribution is -2.36. The molecule has 0 spiro atoms. The molecule has 0 unspecified atom stereocenters. The first-order valence-electron chi connectivity index (χ1n) is 5.09. The number of fused-ring (bicyclic) bond motifs is 1. The fourth-order valence-electron chi connectivity index (χ4n) is 1.59. The van der Waals surface area contributed by atoms with E-state index in [-0.39, 0.29) is 6.09 Å². The quantitative estimate of drug-likeness (QED) is 0.683. The number of amides is 1. The van der Waals surface area contributed by atoms with Crippen LogP contribution in [0.25, 0.3) is 0 Å². The number of halogens is 1. The van der Waals surface area contributed by atoms with E-state index in [4.69, 9.17) is 4.74 Å². The number of ether oxygens (including phenoxy) is 1. The molecule has 1 aromatic heterocycles. The van der Waals surface area contributed by atoms with Crippen LogP contribution in [-0.4, -0.2) is 27.8 Å². The Morgan fingerprint density at radius 3 is 2.81 bits per heavy atom. The number of anilines is 1. The van der Waals surface area contributed by atoms with Gasteiger partial charge in [-0.2, -0.15) is 0 Å². The van der Waals surface area contributed by atoms with Gasteiger partial charge >= 0.3 is 6.09 Å². The number of carbonyl (C=O) groups excluding carboxylic acids is 1. The molecule has 1 amide bonds. The molecule has 0 atom stereocenters. The molecular weight excluding hydrogens is 321 g/mol. The van der Waals surface area contributed by atoms with Gasteiger partial charge < -0.3 is 9.30 Å². The Hall–Kier alpha value is -0.790. The van der Waals surface area contributed by atoms with Gasteiger partial charge in [-0.25, -0.2) is 9.78 Å². The van der Waals surface area contributed by atoms with Crippen molar-refractivity contribution in [3.63, 3.8) is 0 Å². The molecule has 0 bridgehead atoms. The van der Waals surface area contributed by atoms with Gasteiger partial charge in [0.25, 0.3) is 0 Å². The average molecular weight is 335 g/mol. The van der Waals surface area contributed by atoms with Crippen molar-refractivity contribution in [1.29, 1.82) is 0 Å². The van der Waals surface area contributed by atoms with Crippen LogP contribution in [0.3, 0.4) is 0 Å². The molecule has 0 saturated carbocycles. The number of hydrogen-bond donors (Lipinski definition) is 0. The third kappa shape index (κ3) is 2.16. The van der Waals surface area contributed by atoms with Crippen LogP contribution in [0.2, 0.25) is 0 Å². The van der Waals surface area contributed by atoms with Crippen LogP contribution in [-0.2, 0) is 11.3 Å². The Balaban J connectivity index is 2.19. The highest BCUT2D eigenvalue weighted by molar-refractivity contribution is 14.1. The van der Waals surface area contributed by atoms with E-state index in [0.29, 0.717) is 6.54 Å². The Morgan fingerprint density at radius 1 is 1.50 bits per heavy atom. The summed E-state index contributed by atoms with van der Waals surface area (Å²) < 4.78 is 8.14. The van der Waals surface area contributed by atoms with E-state index in [2.05, 4.69) is 27.6 Å². The van der Waals surface area contributed by atoms with E-state index in [0.717, 1.165) is 16.1 Å². The molecule has 1 aromatic rings. The second-order valence-corrected chi connectivity index (χ2v) is 5.71. The topological polar surface area (TPSA) is 47.4 Å². The van der Waals surface area contributed by atoms with Gasteiger partial charge in [-0.1, -0.05) is 0 Å².